The van der Waals surface area contributed by atoms with Crippen molar-refractivity contribution in [3.63, 3.8) is 0 Å². The Morgan fingerprint density at radius 1 is 1.19 bits per heavy atom. The maximum Gasteiger partial charge on any atom is 0.255 e. The van der Waals surface area contributed by atoms with Gasteiger partial charge >= 0.3 is 0 Å². The van der Waals surface area contributed by atoms with Crippen LogP contribution in [0.3, 0.4) is 0 Å². The highest BCUT2D eigenvalue weighted by molar-refractivity contribution is 7.13. The van der Waals surface area contributed by atoms with Gasteiger partial charge in [-0.2, -0.15) is 0 Å². The van der Waals surface area contributed by atoms with Gasteiger partial charge in [0.1, 0.15) is 0 Å². The average Bonchev–Trinajstić information content (AvgIpc) is 3.39. The zero-order chi connectivity index (χ0) is 22.6. The van der Waals surface area contributed by atoms with Crippen molar-refractivity contribution in [3.05, 3.63) is 71.2 Å². The van der Waals surface area contributed by atoms with Gasteiger partial charge in [0.15, 0.2) is 0 Å². The summed E-state index contributed by atoms with van der Waals surface area (Å²) in [6.07, 6.45) is 3.63. The molecule has 2 aromatic heterocycles. The number of likely N-dealkylation sites (tertiary alicyclic amines) is 1. The number of hydrogen-bond acceptors (Lipinski definition) is 5. The summed E-state index contributed by atoms with van der Waals surface area (Å²) in [5.41, 5.74) is 2.10. The number of amides is 2. The monoisotopic (exact) mass is 449 g/mol. The number of nitrogens with one attached hydrogen (secondary N) is 1. The molecule has 0 aliphatic carbocycles. The Kier molecular flexibility index (Phi) is 6.55. The molecule has 0 unspecified atom stereocenters. The maximum atomic E-state index is 13.1. The van der Waals surface area contributed by atoms with Crippen LogP contribution in [0, 0.1) is 5.41 Å². The third-order valence-corrected chi connectivity index (χ3v) is 6.99. The fourth-order valence-corrected chi connectivity index (χ4v) is 5.14. The number of carbonyl (C=O) groups is 2. The standard InChI is InChI=1S/C25H27N3O3S/c1-26-24(30)25(15-18-6-8-19(9-7-18)21-5-3-14-32-21)12-4-13-28(17-25)23(29)20-10-11-22(31-2)27-16-20/h3,5-11,14,16H,4,12-13,15,17H2,1-2H3,(H,26,30)/t25-/m1/s1. The molecule has 166 valence electrons. The molecule has 1 atom stereocenters. The molecule has 2 amide bonds. The summed E-state index contributed by atoms with van der Waals surface area (Å²) in [5, 5.41) is 4.91. The molecule has 0 saturated carbocycles. The Balaban J connectivity index is 1.55. The number of ether oxygens (including phenoxy) is 1. The second-order valence-electron chi connectivity index (χ2n) is 8.13. The first kappa shape index (κ1) is 22.0. The molecule has 0 bridgehead atoms. The molecule has 1 aliphatic rings. The van der Waals surface area contributed by atoms with Crippen molar-refractivity contribution < 1.29 is 14.3 Å². The van der Waals surface area contributed by atoms with E-state index >= 15 is 0 Å². The van der Waals surface area contributed by atoms with Crippen molar-refractivity contribution in [2.45, 2.75) is 19.3 Å². The molecule has 32 heavy (non-hydrogen) atoms. The minimum absolute atomic E-state index is 0.0230. The molecule has 6 nitrogen and oxygen atoms in total. The highest BCUT2D eigenvalue weighted by Gasteiger charge is 2.43. The number of pyridine rings is 1. The molecule has 3 heterocycles. The molecule has 1 N–H and O–H groups in total. The van der Waals surface area contributed by atoms with Crippen LogP contribution in [0.5, 0.6) is 5.88 Å². The number of aromatic nitrogens is 1. The van der Waals surface area contributed by atoms with E-state index in [1.807, 2.05) is 6.07 Å². The van der Waals surface area contributed by atoms with Crippen molar-refractivity contribution in [1.29, 1.82) is 0 Å². The van der Waals surface area contributed by atoms with Gasteiger partial charge in [0.05, 0.1) is 18.1 Å². The van der Waals surface area contributed by atoms with Crippen LogP contribution in [-0.2, 0) is 11.2 Å². The van der Waals surface area contributed by atoms with Crippen LogP contribution in [-0.4, -0.2) is 48.9 Å². The van der Waals surface area contributed by atoms with E-state index in [9.17, 15) is 9.59 Å². The van der Waals surface area contributed by atoms with Crippen molar-refractivity contribution >= 4 is 23.2 Å². The summed E-state index contributed by atoms with van der Waals surface area (Å²) in [7, 11) is 3.21. The summed E-state index contributed by atoms with van der Waals surface area (Å²) < 4.78 is 5.08. The predicted molar refractivity (Wildman–Crippen MR) is 126 cm³/mol. The molecule has 1 fully saturated rings. The Labute approximate surface area is 192 Å². The van der Waals surface area contributed by atoms with Gasteiger partial charge in [0.2, 0.25) is 11.8 Å². The van der Waals surface area contributed by atoms with Gasteiger partial charge in [0, 0.05) is 37.3 Å². The van der Waals surface area contributed by atoms with Gasteiger partial charge < -0.3 is 15.0 Å². The number of rotatable bonds is 6. The van der Waals surface area contributed by atoms with Crippen LogP contribution in [0.2, 0.25) is 0 Å². The van der Waals surface area contributed by atoms with Crippen LogP contribution in [0.15, 0.2) is 60.1 Å². The molecule has 0 radical (unpaired) electrons. The van der Waals surface area contributed by atoms with Crippen LogP contribution in [0.25, 0.3) is 10.4 Å². The molecule has 3 aromatic rings. The van der Waals surface area contributed by atoms with E-state index in [1.165, 1.54) is 16.6 Å². The predicted octanol–water partition coefficient (Wildman–Crippen LogP) is 4.03. The molecule has 1 aromatic carbocycles. The molecule has 1 saturated heterocycles. The largest absolute Gasteiger partial charge is 0.481 e. The van der Waals surface area contributed by atoms with Crippen LogP contribution < -0.4 is 10.1 Å². The molecule has 7 heteroatoms. The lowest BCUT2D eigenvalue weighted by molar-refractivity contribution is -0.133. The molecule has 0 spiro atoms. The fourth-order valence-electron chi connectivity index (χ4n) is 4.41. The van der Waals surface area contributed by atoms with Gasteiger partial charge in [-0.05, 0) is 47.9 Å². The number of carbonyl (C=O) groups excluding carboxylic acids is 2. The van der Waals surface area contributed by atoms with Crippen LogP contribution in [0.4, 0.5) is 0 Å². The zero-order valence-corrected chi connectivity index (χ0v) is 19.2. The van der Waals surface area contributed by atoms with E-state index in [0.29, 0.717) is 31.0 Å². The average molecular weight is 450 g/mol. The van der Waals surface area contributed by atoms with Crippen molar-refractivity contribution in [2.24, 2.45) is 5.41 Å². The van der Waals surface area contributed by atoms with Crippen molar-refractivity contribution in [2.75, 3.05) is 27.2 Å². The minimum atomic E-state index is -0.660. The van der Waals surface area contributed by atoms with E-state index < -0.39 is 5.41 Å². The number of piperidine rings is 1. The van der Waals surface area contributed by atoms with Gasteiger partial charge in [-0.1, -0.05) is 30.3 Å². The maximum absolute atomic E-state index is 13.1. The third kappa shape index (κ3) is 4.53. The zero-order valence-electron chi connectivity index (χ0n) is 18.3. The molecular formula is C25H27N3O3S. The van der Waals surface area contributed by atoms with Crippen LogP contribution >= 0.6 is 11.3 Å². The second-order valence-corrected chi connectivity index (χ2v) is 9.08. The summed E-state index contributed by atoms with van der Waals surface area (Å²) in [5.74, 6) is 0.331. The van der Waals surface area contributed by atoms with E-state index in [0.717, 1.165) is 18.4 Å². The molecule has 1 aliphatic heterocycles. The number of methoxy groups -OCH3 is 1. The third-order valence-electron chi connectivity index (χ3n) is 6.07. The number of hydrogen-bond donors (Lipinski definition) is 1. The Bertz CT molecular complexity index is 1060. The number of thiophene rings is 1. The number of nitrogens with zero attached hydrogens (tertiary/aromatic N) is 2. The number of benzene rings is 1. The van der Waals surface area contributed by atoms with E-state index in [2.05, 4.69) is 46.0 Å². The van der Waals surface area contributed by atoms with Gasteiger partial charge in [-0.15, -0.1) is 11.3 Å². The first-order valence-corrected chi connectivity index (χ1v) is 11.6. The quantitative estimate of drug-likeness (QED) is 0.617. The van der Waals surface area contributed by atoms with Crippen molar-refractivity contribution in [1.82, 2.24) is 15.2 Å². The lowest BCUT2D eigenvalue weighted by Gasteiger charge is -2.41. The Morgan fingerprint density at radius 2 is 2.00 bits per heavy atom. The van der Waals surface area contributed by atoms with E-state index in [4.69, 9.17) is 4.74 Å². The van der Waals surface area contributed by atoms with Gasteiger partial charge in [0.25, 0.3) is 5.91 Å². The van der Waals surface area contributed by atoms with E-state index in [1.54, 1.807) is 42.5 Å². The highest BCUT2D eigenvalue weighted by atomic mass is 32.1. The Hall–Kier alpha value is -3.19. The summed E-state index contributed by atoms with van der Waals surface area (Å²) in [4.78, 5) is 33.4. The van der Waals surface area contributed by atoms with Crippen molar-refractivity contribution in [3.8, 4) is 16.3 Å². The lowest BCUT2D eigenvalue weighted by atomic mass is 9.74. The van der Waals surface area contributed by atoms with Gasteiger partial charge in [-0.25, -0.2) is 4.98 Å². The van der Waals surface area contributed by atoms with Crippen LogP contribution in [0.1, 0.15) is 28.8 Å². The fraction of sp³-hybridized carbons (Fsp3) is 0.320. The Morgan fingerprint density at radius 3 is 2.62 bits per heavy atom. The summed E-state index contributed by atoms with van der Waals surface area (Å²) in [6.45, 7) is 1.01. The summed E-state index contributed by atoms with van der Waals surface area (Å²) >= 11 is 1.71. The minimum Gasteiger partial charge on any atom is -0.481 e. The second kappa shape index (κ2) is 9.53. The lowest BCUT2D eigenvalue weighted by Crippen LogP contribution is -2.54. The topological polar surface area (TPSA) is 71.5 Å². The normalized spacial score (nSPS) is 18.2. The highest BCUT2D eigenvalue weighted by Crippen LogP contribution is 2.35. The summed E-state index contributed by atoms with van der Waals surface area (Å²) in [6, 6.07) is 15.9. The SMILES string of the molecule is CNC(=O)[C@@]1(Cc2ccc(-c3cccs3)cc2)CCCN(C(=O)c2ccc(OC)nc2)C1. The smallest absolute Gasteiger partial charge is 0.255 e. The van der Waals surface area contributed by atoms with E-state index in [-0.39, 0.29) is 11.8 Å². The van der Waals surface area contributed by atoms with Gasteiger partial charge in [-0.3, -0.25) is 9.59 Å². The first-order chi connectivity index (χ1) is 15.5. The molecular weight excluding hydrogens is 422 g/mol. The molecule has 4 rings (SSSR count). The first-order valence-electron chi connectivity index (χ1n) is 10.7.